The molecule has 32 heavy (non-hydrogen) atoms. The summed E-state index contributed by atoms with van der Waals surface area (Å²) in [4.78, 5) is 22.5. The first-order valence-electron chi connectivity index (χ1n) is 10.3. The van der Waals surface area contributed by atoms with E-state index in [1.807, 2.05) is 31.3 Å². The number of benzene rings is 3. The molecule has 0 aliphatic carbocycles. The van der Waals surface area contributed by atoms with Gasteiger partial charge >= 0.3 is 0 Å². The monoisotopic (exact) mass is 427 g/mol. The van der Waals surface area contributed by atoms with E-state index in [2.05, 4.69) is 9.84 Å². The number of halogens is 1. The molecule has 1 amide bonds. The van der Waals surface area contributed by atoms with Crippen LogP contribution in [0.5, 0.6) is 5.75 Å². The highest BCUT2D eigenvalue weighted by Crippen LogP contribution is 2.34. The Hall–Kier alpha value is -3.98. The summed E-state index contributed by atoms with van der Waals surface area (Å²) in [5.41, 5.74) is 5.18. The Bertz CT molecular complexity index is 1260. The maximum atomic E-state index is 14.0. The van der Waals surface area contributed by atoms with Crippen LogP contribution in [0.2, 0.25) is 0 Å². The van der Waals surface area contributed by atoms with E-state index in [4.69, 9.17) is 11.3 Å². The Balaban J connectivity index is 1.62. The summed E-state index contributed by atoms with van der Waals surface area (Å²) < 4.78 is 19.7. The average Bonchev–Trinajstić information content (AvgIpc) is 3.28. The van der Waals surface area contributed by atoms with Gasteiger partial charge in [0.05, 0.1) is 19.7 Å². The van der Waals surface area contributed by atoms with E-state index in [0.717, 1.165) is 16.7 Å². The van der Waals surface area contributed by atoms with Crippen LogP contribution in [0.4, 0.5) is 10.1 Å². The first kappa shape index (κ1) is 21.3. The number of hydrogen-bond acceptors (Lipinski definition) is 3. The lowest BCUT2D eigenvalue weighted by atomic mass is 10.0. The molecule has 1 heterocycles. The fourth-order valence-electron chi connectivity index (χ4n) is 3.86. The van der Waals surface area contributed by atoms with Gasteiger partial charge in [-0.3, -0.25) is 9.79 Å². The molecular weight excluding hydrogens is 405 g/mol. The number of ether oxygens (including phenoxy) is 1. The zero-order valence-electron chi connectivity index (χ0n) is 17.9. The van der Waals surface area contributed by atoms with Gasteiger partial charge in [0.1, 0.15) is 11.6 Å². The Morgan fingerprint density at radius 2 is 2.06 bits per heavy atom. The average molecular weight is 427 g/mol. The third kappa shape index (κ3) is 4.23. The molecule has 0 saturated carbocycles. The molecule has 3 aromatic carbocycles. The van der Waals surface area contributed by atoms with Crippen LogP contribution in [0, 0.1) is 12.4 Å². The normalized spacial score (nSPS) is 11.7. The molecule has 0 spiro atoms. The quantitative estimate of drug-likeness (QED) is 0.478. The number of carbonyl (C=O) groups excluding carboxylic acids is 1. The van der Waals surface area contributed by atoms with Crippen molar-refractivity contribution in [2.45, 2.75) is 20.0 Å². The van der Waals surface area contributed by atoms with Crippen molar-refractivity contribution in [3.05, 3.63) is 94.1 Å². The lowest BCUT2D eigenvalue weighted by Crippen LogP contribution is -2.26. The third-order valence-corrected chi connectivity index (χ3v) is 5.39. The van der Waals surface area contributed by atoms with Crippen LogP contribution in [-0.2, 0) is 13.1 Å². The van der Waals surface area contributed by atoms with E-state index in [0.29, 0.717) is 42.1 Å². The summed E-state index contributed by atoms with van der Waals surface area (Å²) in [6, 6.07) is 15.3. The maximum Gasteiger partial charge on any atom is 0.254 e. The van der Waals surface area contributed by atoms with E-state index in [1.165, 1.54) is 12.1 Å². The zero-order chi connectivity index (χ0) is 22.7. The van der Waals surface area contributed by atoms with Crippen molar-refractivity contribution in [2.24, 2.45) is 4.99 Å². The van der Waals surface area contributed by atoms with Gasteiger partial charge in [0, 0.05) is 30.9 Å². The van der Waals surface area contributed by atoms with E-state index >= 15 is 0 Å². The molecule has 0 unspecified atom stereocenters. The second-order valence-electron chi connectivity index (χ2n) is 7.57. The fourth-order valence-corrected chi connectivity index (χ4v) is 3.86. The predicted octanol–water partition coefficient (Wildman–Crippen LogP) is 5.65. The molecule has 160 valence electrons. The zero-order valence-corrected chi connectivity index (χ0v) is 17.9. The molecule has 3 aromatic rings. The first-order valence-corrected chi connectivity index (χ1v) is 10.3. The molecule has 1 aliphatic heterocycles. The van der Waals surface area contributed by atoms with Gasteiger partial charge in [-0.2, -0.15) is 0 Å². The highest BCUT2D eigenvalue weighted by atomic mass is 19.1. The summed E-state index contributed by atoms with van der Waals surface area (Å²) in [5, 5.41) is 0. The minimum absolute atomic E-state index is 0.143. The molecule has 0 aromatic heterocycles. The Kier molecular flexibility index (Phi) is 6.00. The number of nitrogens with zero attached hydrogens (tertiary/aromatic N) is 3. The molecule has 1 aliphatic rings. The molecular formula is C26H22FN3O2. The predicted molar refractivity (Wildman–Crippen MR) is 123 cm³/mol. The molecule has 0 bridgehead atoms. The number of amides is 1. The van der Waals surface area contributed by atoms with Crippen LogP contribution in [0.15, 0.2) is 59.6 Å². The Morgan fingerprint density at radius 3 is 2.84 bits per heavy atom. The standard InChI is InChI=1S/C26H22FN3O2/c1-4-32-25-12-17(8-9-23(25)20-10-21(27)13-22(11-20)28-2)26(31)30(3)16-19-7-5-6-18-14-29-15-24(18)19/h5-14H,4,15-16H2,1,3H3. The van der Waals surface area contributed by atoms with Crippen molar-refractivity contribution >= 4 is 17.8 Å². The largest absolute Gasteiger partial charge is 0.493 e. The first-order chi connectivity index (χ1) is 15.5. The molecule has 0 N–H and O–H groups in total. The van der Waals surface area contributed by atoms with E-state index in [1.54, 1.807) is 36.2 Å². The highest BCUT2D eigenvalue weighted by Gasteiger charge is 2.19. The number of rotatable bonds is 6. The molecule has 0 radical (unpaired) electrons. The van der Waals surface area contributed by atoms with Crippen molar-refractivity contribution in [3.63, 3.8) is 0 Å². The van der Waals surface area contributed by atoms with Gasteiger partial charge in [-0.25, -0.2) is 9.24 Å². The van der Waals surface area contributed by atoms with Crippen molar-refractivity contribution < 1.29 is 13.9 Å². The summed E-state index contributed by atoms with van der Waals surface area (Å²) in [5.74, 6) is -0.160. The molecule has 0 atom stereocenters. The van der Waals surface area contributed by atoms with Gasteiger partial charge in [-0.15, -0.1) is 0 Å². The SMILES string of the molecule is [C-]#[N+]c1cc(F)cc(-c2ccc(C(=O)N(C)Cc3cccc4c3CN=C4)cc2OCC)c1. The van der Waals surface area contributed by atoms with Crippen LogP contribution in [0.1, 0.15) is 34.0 Å². The van der Waals surface area contributed by atoms with Crippen molar-refractivity contribution in [3.8, 4) is 16.9 Å². The third-order valence-electron chi connectivity index (χ3n) is 5.39. The minimum atomic E-state index is -0.491. The van der Waals surface area contributed by atoms with Gasteiger partial charge in [-0.05, 0) is 65.6 Å². The molecule has 4 rings (SSSR count). The van der Waals surface area contributed by atoms with Gasteiger partial charge in [0.2, 0.25) is 0 Å². The highest BCUT2D eigenvalue weighted by molar-refractivity contribution is 5.95. The van der Waals surface area contributed by atoms with Crippen LogP contribution in [0.25, 0.3) is 16.0 Å². The lowest BCUT2D eigenvalue weighted by Gasteiger charge is -2.20. The van der Waals surface area contributed by atoms with Crippen LogP contribution >= 0.6 is 0 Å². The number of carbonyl (C=O) groups is 1. The maximum absolute atomic E-state index is 14.0. The van der Waals surface area contributed by atoms with Gasteiger partial charge in [-0.1, -0.05) is 18.2 Å². The summed E-state index contributed by atoms with van der Waals surface area (Å²) >= 11 is 0. The molecule has 0 fully saturated rings. The van der Waals surface area contributed by atoms with Gasteiger partial charge in [0.25, 0.3) is 5.91 Å². The second-order valence-corrected chi connectivity index (χ2v) is 7.57. The number of aliphatic imine (C=N–C) groups is 1. The van der Waals surface area contributed by atoms with Crippen LogP contribution in [0.3, 0.4) is 0 Å². The van der Waals surface area contributed by atoms with Gasteiger partial charge < -0.3 is 9.64 Å². The van der Waals surface area contributed by atoms with E-state index in [-0.39, 0.29) is 11.6 Å². The van der Waals surface area contributed by atoms with E-state index < -0.39 is 5.82 Å². The summed E-state index contributed by atoms with van der Waals surface area (Å²) in [7, 11) is 1.76. The fraction of sp³-hybridized carbons (Fsp3) is 0.192. The number of fused-ring (bicyclic) bond motifs is 1. The van der Waals surface area contributed by atoms with Crippen molar-refractivity contribution in [1.29, 1.82) is 0 Å². The topological polar surface area (TPSA) is 46.3 Å². The van der Waals surface area contributed by atoms with Crippen molar-refractivity contribution in [1.82, 2.24) is 4.90 Å². The molecule has 5 nitrogen and oxygen atoms in total. The Labute approximate surface area is 186 Å². The van der Waals surface area contributed by atoms with Crippen LogP contribution in [-0.4, -0.2) is 30.7 Å². The summed E-state index contributed by atoms with van der Waals surface area (Å²) in [6.45, 7) is 10.5. The second kappa shape index (κ2) is 9.03. The van der Waals surface area contributed by atoms with Crippen molar-refractivity contribution in [2.75, 3.05) is 13.7 Å². The minimum Gasteiger partial charge on any atom is -0.493 e. The lowest BCUT2D eigenvalue weighted by molar-refractivity contribution is 0.0784. The molecule has 6 heteroatoms. The van der Waals surface area contributed by atoms with Crippen LogP contribution < -0.4 is 4.74 Å². The van der Waals surface area contributed by atoms with E-state index in [9.17, 15) is 9.18 Å². The number of hydrogen-bond donors (Lipinski definition) is 0. The summed E-state index contributed by atoms with van der Waals surface area (Å²) in [6.07, 6.45) is 1.86. The Morgan fingerprint density at radius 1 is 1.22 bits per heavy atom. The smallest absolute Gasteiger partial charge is 0.254 e. The molecule has 0 saturated heterocycles. The van der Waals surface area contributed by atoms with Gasteiger partial charge in [0.15, 0.2) is 5.69 Å².